The number of hydrogen-bond acceptors (Lipinski definition) is 6. The van der Waals surface area contributed by atoms with E-state index < -0.39 is 0 Å². The first-order chi connectivity index (χ1) is 9.08. The van der Waals surface area contributed by atoms with E-state index in [0.29, 0.717) is 12.6 Å². The first kappa shape index (κ1) is 14.3. The average Bonchev–Trinajstić information content (AvgIpc) is 2.75. The van der Waals surface area contributed by atoms with Gasteiger partial charge in [-0.25, -0.2) is 0 Å². The van der Waals surface area contributed by atoms with Gasteiger partial charge < -0.3 is 10.1 Å². The zero-order valence-corrected chi connectivity index (χ0v) is 12.7. The third-order valence-corrected chi connectivity index (χ3v) is 3.81. The van der Waals surface area contributed by atoms with E-state index in [4.69, 9.17) is 27.9 Å². The van der Waals surface area contributed by atoms with Crippen LogP contribution in [0.3, 0.4) is 0 Å². The van der Waals surface area contributed by atoms with Crippen molar-refractivity contribution in [2.45, 2.75) is 19.9 Å². The molecular formula is C11H12Cl2N4OS. The Balaban J connectivity index is 2.14. The lowest BCUT2D eigenvalue weighted by atomic mass is 10.3. The lowest BCUT2D eigenvalue weighted by Gasteiger charge is -2.12. The minimum atomic E-state index is 0.0189. The molecule has 2 heterocycles. The molecule has 0 radical (unpaired) electrons. The minimum Gasteiger partial charge on any atom is -0.464 e. The molecule has 1 atom stereocenters. The predicted octanol–water partition coefficient (Wildman–Crippen LogP) is 3.81. The van der Waals surface area contributed by atoms with Crippen LogP contribution in [0.2, 0.25) is 9.62 Å². The molecule has 0 spiro atoms. The smallest absolute Gasteiger partial charge is 0.322 e. The lowest BCUT2D eigenvalue weighted by Crippen LogP contribution is -2.10. The van der Waals surface area contributed by atoms with Crippen LogP contribution in [0.1, 0.15) is 24.8 Å². The van der Waals surface area contributed by atoms with Crippen LogP contribution < -0.4 is 10.1 Å². The van der Waals surface area contributed by atoms with Crippen LogP contribution in [-0.2, 0) is 0 Å². The molecule has 2 rings (SSSR count). The molecule has 5 nitrogen and oxygen atoms in total. The summed E-state index contributed by atoms with van der Waals surface area (Å²) < 4.78 is 5.96. The minimum absolute atomic E-state index is 0.0189. The third-order valence-electron chi connectivity index (χ3n) is 2.23. The van der Waals surface area contributed by atoms with Gasteiger partial charge in [0.25, 0.3) is 0 Å². The van der Waals surface area contributed by atoms with Crippen LogP contribution in [0.15, 0.2) is 12.1 Å². The second-order valence-corrected chi connectivity index (χ2v) is 5.74. The topological polar surface area (TPSA) is 59.9 Å². The predicted molar refractivity (Wildman–Crippen MR) is 77.4 cm³/mol. The van der Waals surface area contributed by atoms with Gasteiger partial charge >= 0.3 is 6.01 Å². The van der Waals surface area contributed by atoms with Crippen molar-refractivity contribution >= 4 is 40.5 Å². The fourth-order valence-corrected chi connectivity index (χ4v) is 2.63. The molecular weight excluding hydrogens is 307 g/mol. The van der Waals surface area contributed by atoms with Crippen molar-refractivity contribution in [1.82, 2.24) is 15.0 Å². The molecule has 0 fully saturated rings. The van der Waals surface area contributed by atoms with E-state index in [1.807, 2.05) is 26.0 Å². The van der Waals surface area contributed by atoms with Crippen LogP contribution in [0.4, 0.5) is 5.95 Å². The van der Waals surface area contributed by atoms with Gasteiger partial charge in [0, 0.05) is 4.88 Å². The van der Waals surface area contributed by atoms with E-state index in [9.17, 15) is 0 Å². The monoisotopic (exact) mass is 318 g/mol. The summed E-state index contributed by atoms with van der Waals surface area (Å²) in [5, 5.41) is 3.23. The van der Waals surface area contributed by atoms with Gasteiger partial charge in [-0.15, -0.1) is 11.3 Å². The first-order valence-corrected chi connectivity index (χ1v) is 7.22. The molecule has 102 valence electrons. The summed E-state index contributed by atoms with van der Waals surface area (Å²) in [4.78, 5) is 13.1. The highest BCUT2D eigenvalue weighted by molar-refractivity contribution is 7.16. The second-order valence-electron chi connectivity index (χ2n) is 3.65. The maximum absolute atomic E-state index is 5.91. The van der Waals surface area contributed by atoms with E-state index in [-0.39, 0.29) is 17.3 Å². The lowest BCUT2D eigenvalue weighted by molar-refractivity contribution is 0.312. The number of hydrogen-bond donors (Lipinski definition) is 1. The Kier molecular flexibility index (Phi) is 4.79. The number of rotatable bonds is 5. The zero-order chi connectivity index (χ0) is 13.8. The maximum atomic E-state index is 5.91. The Labute approximate surface area is 125 Å². The number of halogens is 2. The Bertz CT molecular complexity index is 563. The summed E-state index contributed by atoms with van der Waals surface area (Å²) in [5.41, 5.74) is 0. The van der Waals surface area contributed by atoms with Gasteiger partial charge in [-0.2, -0.15) is 15.0 Å². The van der Waals surface area contributed by atoms with Gasteiger partial charge in [-0.3, -0.25) is 0 Å². The van der Waals surface area contributed by atoms with Crippen molar-refractivity contribution in [3.8, 4) is 6.01 Å². The molecule has 0 aliphatic heterocycles. The molecule has 1 unspecified atom stereocenters. The SMILES string of the molecule is CCOc1nc(Cl)nc(NC(C)c2ccc(Cl)s2)n1. The second kappa shape index (κ2) is 6.36. The third kappa shape index (κ3) is 3.92. The van der Waals surface area contributed by atoms with Gasteiger partial charge in [-0.05, 0) is 37.6 Å². The van der Waals surface area contributed by atoms with Gasteiger partial charge in [0.15, 0.2) is 0 Å². The van der Waals surface area contributed by atoms with Crippen LogP contribution in [0.25, 0.3) is 0 Å². The zero-order valence-electron chi connectivity index (χ0n) is 10.4. The number of aromatic nitrogens is 3. The summed E-state index contributed by atoms with van der Waals surface area (Å²) in [6.07, 6.45) is 0. The van der Waals surface area contributed by atoms with Crippen molar-refractivity contribution < 1.29 is 4.74 Å². The van der Waals surface area contributed by atoms with Crippen molar-refractivity contribution in [3.05, 3.63) is 26.6 Å². The van der Waals surface area contributed by atoms with Crippen molar-refractivity contribution in [3.63, 3.8) is 0 Å². The highest BCUT2D eigenvalue weighted by Gasteiger charge is 2.12. The molecule has 2 aromatic rings. The summed E-state index contributed by atoms with van der Waals surface area (Å²) in [7, 11) is 0. The standard InChI is InChI=1S/C11H12Cl2N4OS/c1-3-18-11-16-9(13)15-10(17-11)14-6(2)7-4-5-8(12)19-7/h4-6H,3H2,1-2H3,(H,14,15,16,17). The van der Waals surface area contributed by atoms with Crippen LogP contribution in [-0.4, -0.2) is 21.6 Å². The van der Waals surface area contributed by atoms with E-state index >= 15 is 0 Å². The summed E-state index contributed by atoms with van der Waals surface area (Å²) >= 11 is 13.2. The Morgan fingerprint density at radius 3 is 2.74 bits per heavy atom. The van der Waals surface area contributed by atoms with Gasteiger partial charge in [0.05, 0.1) is 17.0 Å². The average molecular weight is 319 g/mol. The van der Waals surface area contributed by atoms with Crippen molar-refractivity contribution in [2.75, 3.05) is 11.9 Å². The highest BCUT2D eigenvalue weighted by Crippen LogP contribution is 2.28. The molecule has 8 heteroatoms. The number of nitrogens with zero attached hydrogens (tertiary/aromatic N) is 3. The summed E-state index contributed by atoms with van der Waals surface area (Å²) in [6, 6.07) is 4.04. The van der Waals surface area contributed by atoms with E-state index in [2.05, 4.69) is 20.3 Å². The number of nitrogens with one attached hydrogen (secondary N) is 1. The van der Waals surface area contributed by atoms with E-state index in [1.165, 1.54) is 11.3 Å². The normalized spacial score (nSPS) is 12.2. The molecule has 0 bridgehead atoms. The molecule has 0 saturated carbocycles. The number of ether oxygens (including phenoxy) is 1. The maximum Gasteiger partial charge on any atom is 0.322 e. The quantitative estimate of drug-likeness (QED) is 0.908. The van der Waals surface area contributed by atoms with Crippen LogP contribution in [0.5, 0.6) is 6.01 Å². The summed E-state index contributed by atoms with van der Waals surface area (Å²) in [6.45, 7) is 4.30. The molecule has 19 heavy (non-hydrogen) atoms. The van der Waals surface area contributed by atoms with Gasteiger partial charge in [-0.1, -0.05) is 11.6 Å². The number of thiophene rings is 1. The fourth-order valence-electron chi connectivity index (χ4n) is 1.42. The van der Waals surface area contributed by atoms with E-state index in [1.54, 1.807) is 0 Å². The van der Waals surface area contributed by atoms with Crippen molar-refractivity contribution in [2.24, 2.45) is 0 Å². The molecule has 0 aliphatic rings. The van der Waals surface area contributed by atoms with Crippen molar-refractivity contribution in [1.29, 1.82) is 0 Å². The largest absolute Gasteiger partial charge is 0.464 e. The van der Waals surface area contributed by atoms with Gasteiger partial charge in [0.2, 0.25) is 11.2 Å². The first-order valence-electron chi connectivity index (χ1n) is 5.64. The Hall–Kier alpha value is -1.11. The molecule has 2 aromatic heterocycles. The molecule has 0 saturated heterocycles. The van der Waals surface area contributed by atoms with Crippen LogP contribution >= 0.6 is 34.5 Å². The van der Waals surface area contributed by atoms with Gasteiger partial charge in [0.1, 0.15) is 0 Å². The Morgan fingerprint density at radius 1 is 1.32 bits per heavy atom. The highest BCUT2D eigenvalue weighted by atomic mass is 35.5. The molecule has 0 amide bonds. The van der Waals surface area contributed by atoms with E-state index in [0.717, 1.165) is 9.21 Å². The Morgan fingerprint density at radius 2 is 2.11 bits per heavy atom. The molecule has 0 aromatic carbocycles. The summed E-state index contributed by atoms with van der Waals surface area (Å²) in [5.74, 6) is 0.375. The van der Waals surface area contributed by atoms with Crippen LogP contribution in [0, 0.1) is 0 Å². The molecule has 1 N–H and O–H groups in total. The molecule has 0 aliphatic carbocycles. The number of anilines is 1. The fraction of sp³-hybridized carbons (Fsp3) is 0.364.